The molecule has 4 N–H and O–H groups in total. The molecule has 1 atom stereocenters. The van der Waals surface area contributed by atoms with E-state index in [1.165, 1.54) is 0 Å². The molecule has 0 saturated heterocycles. The molecule has 6 heteroatoms. The summed E-state index contributed by atoms with van der Waals surface area (Å²) in [6, 6.07) is 0.190. The highest BCUT2D eigenvalue weighted by Crippen LogP contribution is 2.21. The Balaban J connectivity index is 2.98. The third-order valence-electron chi connectivity index (χ3n) is 2.40. The smallest absolute Gasteiger partial charge is 0.273 e. The lowest BCUT2D eigenvalue weighted by atomic mass is 10.1. The summed E-state index contributed by atoms with van der Waals surface area (Å²) >= 11 is 0. The second-order valence-electron chi connectivity index (χ2n) is 3.48. The Hall–Kier alpha value is -1.59. The molecule has 1 rings (SSSR count). The van der Waals surface area contributed by atoms with Crippen molar-refractivity contribution in [2.24, 2.45) is 5.73 Å². The maximum atomic E-state index is 10.9. The lowest BCUT2D eigenvalue weighted by Crippen LogP contribution is -2.16. The number of nitrogens with zero attached hydrogens (tertiary/aromatic N) is 3. The third kappa shape index (κ3) is 2.26. The maximum Gasteiger partial charge on any atom is 0.273 e. The van der Waals surface area contributed by atoms with Crippen molar-refractivity contribution in [1.82, 2.24) is 15.0 Å². The highest BCUT2D eigenvalue weighted by molar-refractivity contribution is 5.94. The van der Waals surface area contributed by atoms with E-state index in [-0.39, 0.29) is 17.6 Å². The summed E-state index contributed by atoms with van der Waals surface area (Å²) in [6.45, 7) is 4.14. The number of hydrogen-bond acceptors (Lipinski definition) is 4. The van der Waals surface area contributed by atoms with E-state index in [4.69, 9.17) is 11.5 Å². The fourth-order valence-corrected chi connectivity index (χ4v) is 1.58. The van der Waals surface area contributed by atoms with Gasteiger partial charge in [0.2, 0.25) is 0 Å². The minimum Gasteiger partial charge on any atom is -0.382 e. The standard InChI is InChI=1S/C9H17N5O/c1-3-5-6(4-2)14-8(10)7(9(11)15)12-13-14/h6H,3-5,10H2,1-2H3,(H2,11,15). The molecule has 0 aliphatic rings. The minimum atomic E-state index is -0.634. The summed E-state index contributed by atoms with van der Waals surface area (Å²) in [5, 5.41) is 7.55. The monoisotopic (exact) mass is 211 g/mol. The van der Waals surface area contributed by atoms with Gasteiger partial charge in [-0.1, -0.05) is 25.5 Å². The van der Waals surface area contributed by atoms with Crippen LogP contribution in [0.15, 0.2) is 0 Å². The van der Waals surface area contributed by atoms with Crippen molar-refractivity contribution in [2.75, 3.05) is 5.73 Å². The number of nitrogens with two attached hydrogens (primary N) is 2. The Labute approximate surface area is 88.6 Å². The molecule has 1 aromatic rings. The van der Waals surface area contributed by atoms with Crippen LogP contribution in [-0.4, -0.2) is 20.9 Å². The lowest BCUT2D eigenvalue weighted by Gasteiger charge is -2.14. The topological polar surface area (TPSA) is 99.8 Å². The first-order valence-electron chi connectivity index (χ1n) is 5.12. The quantitative estimate of drug-likeness (QED) is 0.749. The van der Waals surface area contributed by atoms with Gasteiger partial charge >= 0.3 is 0 Å². The molecule has 15 heavy (non-hydrogen) atoms. The summed E-state index contributed by atoms with van der Waals surface area (Å²) in [5.74, 6) is -0.368. The molecule has 0 aliphatic carbocycles. The van der Waals surface area contributed by atoms with Gasteiger partial charge in [-0.3, -0.25) is 4.79 Å². The molecule has 0 radical (unpaired) electrons. The average Bonchev–Trinajstić information content (AvgIpc) is 2.57. The molecular weight excluding hydrogens is 194 g/mol. The van der Waals surface area contributed by atoms with E-state index in [2.05, 4.69) is 17.2 Å². The van der Waals surface area contributed by atoms with Gasteiger partial charge in [-0.2, -0.15) is 0 Å². The summed E-state index contributed by atoms with van der Waals surface area (Å²) in [7, 11) is 0. The Morgan fingerprint density at radius 3 is 2.60 bits per heavy atom. The Bertz CT molecular complexity index is 346. The number of hydrogen-bond donors (Lipinski definition) is 2. The number of rotatable bonds is 5. The third-order valence-corrected chi connectivity index (χ3v) is 2.40. The van der Waals surface area contributed by atoms with Crippen LogP contribution in [0.5, 0.6) is 0 Å². The van der Waals surface area contributed by atoms with Gasteiger partial charge in [0.1, 0.15) is 0 Å². The highest BCUT2D eigenvalue weighted by Gasteiger charge is 2.18. The number of aromatic nitrogens is 3. The number of amides is 1. The van der Waals surface area contributed by atoms with Gasteiger partial charge in [-0.25, -0.2) is 4.68 Å². The summed E-state index contributed by atoms with van der Waals surface area (Å²) < 4.78 is 1.59. The number of nitrogen functional groups attached to an aromatic ring is 1. The Morgan fingerprint density at radius 2 is 2.20 bits per heavy atom. The molecule has 0 aliphatic heterocycles. The normalized spacial score (nSPS) is 12.7. The van der Waals surface area contributed by atoms with Gasteiger partial charge in [0.25, 0.3) is 5.91 Å². The molecule has 1 amide bonds. The van der Waals surface area contributed by atoms with Gasteiger partial charge in [-0.05, 0) is 12.8 Å². The second-order valence-corrected chi connectivity index (χ2v) is 3.48. The minimum absolute atomic E-state index is 0.0598. The number of anilines is 1. The van der Waals surface area contributed by atoms with Crippen LogP contribution >= 0.6 is 0 Å². The van der Waals surface area contributed by atoms with Crippen molar-refractivity contribution < 1.29 is 4.79 Å². The molecule has 84 valence electrons. The van der Waals surface area contributed by atoms with Crippen LogP contribution in [0.3, 0.4) is 0 Å². The van der Waals surface area contributed by atoms with Gasteiger partial charge in [-0.15, -0.1) is 5.10 Å². The van der Waals surface area contributed by atoms with Crippen molar-refractivity contribution in [2.45, 2.75) is 39.2 Å². The summed E-state index contributed by atoms with van der Waals surface area (Å²) in [4.78, 5) is 10.9. The summed E-state index contributed by atoms with van der Waals surface area (Å²) in [6.07, 6.45) is 2.89. The van der Waals surface area contributed by atoms with Gasteiger partial charge in [0.15, 0.2) is 11.5 Å². The lowest BCUT2D eigenvalue weighted by molar-refractivity contribution is 0.0996. The van der Waals surface area contributed by atoms with E-state index in [1.807, 2.05) is 6.92 Å². The first-order chi connectivity index (χ1) is 7.11. The van der Waals surface area contributed by atoms with Crippen LogP contribution in [0.4, 0.5) is 5.82 Å². The van der Waals surface area contributed by atoms with Gasteiger partial charge in [0, 0.05) is 0 Å². The largest absolute Gasteiger partial charge is 0.382 e. The van der Waals surface area contributed by atoms with Crippen LogP contribution in [0.2, 0.25) is 0 Å². The molecule has 1 aromatic heterocycles. The Kier molecular flexibility index (Phi) is 3.65. The first-order valence-corrected chi connectivity index (χ1v) is 5.12. The molecule has 1 unspecified atom stereocenters. The molecule has 0 saturated carbocycles. The molecule has 6 nitrogen and oxygen atoms in total. The van der Waals surface area contributed by atoms with E-state index in [1.54, 1.807) is 4.68 Å². The molecular formula is C9H17N5O. The molecule has 0 fully saturated rings. The fraction of sp³-hybridized carbons (Fsp3) is 0.667. The van der Waals surface area contributed by atoms with E-state index in [0.717, 1.165) is 19.3 Å². The van der Waals surface area contributed by atoms with Gasteiger partial charge < -0.3 is 11.5 Å². The zero-order valence-corrected chi connectivity index (χ0v) is 9.10. The van der Waals surface area contributed by atoms with E-state index < -0.39 is 5.91 Å². The zero-order valence-electron chi connectivity index (χ0n) is 9.10. The van der Waals surface area contributed by atoms with E-state index in [0.29, 0.717) is 0 Å². The first kappa shape index (κ1) is 11.5. The molecule has 0 aromatic carbocycles. The van der Waals surface area contributed by atoms with Crippen LogP contribution in [-0.2, 0) is 0 Å². The van der Waals surface area contributed by atoms with Crippen LogP contribution in [0, 0.1) is 0 Å². The van der Waals surface area contributed by atoms with Crippen LogP contribution in [0.1, 0.15) is 49.6 Å². The SMILES string of the molecule is CCCC(CC)n1nnc(C(N)=O)c1N. The highest BCUT2D eigenvalue weighted by atomic mass is 16.1. The number of carbonyl (C=O) groups excluding carboxylic acids is 1. The fourth-order valence-electron chi connectivity index (χ4n) is 1.58. The van der Waals surface area contributed by atoms with Crippen molar-refractivity contribution in [3.05, 3.63) is 5.69 Å². The van der Waals surface area contributed by atoms with Crippen molar-refractivity contribution in [3.63, 3.8) is 0 Å². The predicted octanol–water partition coefficient (Wildman–Crippen LogP) is 0.710. The molecule has 0 spiro atoms. The van der Waals surface area contributed by atoms with Gasteiger partial charge in [0.05, 0.1) is 6.04 Å². The molecule has 0 bridgehead atoms. The number of primary amides is 1. The van der Waals surface area contributed by atoms with Crippen LogP contribution < -0.4 is 11.5 Å². The van der Waals surface area contributed by atoms with Crippen molar-refractivity contribution in [1.29, 1.82) is 0 Å². The molecule has 1 heterocycles. The maximum absolute atomic E-state index is 10.9. The number of carbonyl (C=O) groups is 1. The predicted molar refractivity (Wildman–Crippen MR) is 57.2 cm³/mol. The second kappa shape index (κ2) is 4.77. The van der Waals surface area contributed by atoms with E-state index >= 15 is 0 Å². The van der Waals surface area contributed by atoms with E-state index in [9.17, 15) is 4.79 Å². The average molecular weight is 211 g/mol. The summed E-state index contributed by atoms with van der Waals surface area (Å²) in [5.41, 5.74) is 10.9. The van der Waals surface area contributed by atoms with Crippen LogP contribution in [0.25, 0.3) is 0 Å². The zero-order chi connectivity index (χ0) is 11.4. The van der Waals surface area contributed by atoms with Crippen molar-refractivity contribution in [3.8, 4) is 0 Å². The van der Waals surface area contributed by atoms with Crippen molar-refractivity contribution >= 4 is 11.7 Å². The Morgan fingerprint density at radius 1 is 1.53 bits per heavy atom.